The number of hydrogen-bond donors (Lipinski definition) is 1. The molecule has 0 fully saturated rings. The van der Waals surface area contributed by atoms with Gasteiger partial charge in [0.05, 0.1) is 12.2 Å². The molecule has 0 aromatic heterocycles. The van der Waals surface area contributed by atoms with Gasteiger partial charge in [-0.3, -0.25) is 0 Å². The molecular formula is C11H15NO3. The van der Waals surface area contributed by atoms with Crippen molar-refractivity contribution in [2.75, 3.05) is 6.61 Å². The van der Waals surface area contributed by atoms with E-state index in [0.717, 1.165) is 5.56 Å². The molecule has 1 aromatic rings. The zero-order chi connectivity index (χ0) is 11.3. The van der Waals surface area contributed by atoms with Gasteiger partial charge in [-0.1, -0.05) is 12.1 Å². The van der Waals surface area contributed by atoms with Crippen molar-refractivity contribution < 1.29 is 20.4 Å². The number of ether oxygens (including phenoxy) is 1. The quantitative estimate of drug-likeness (QED) is 0.710. The first-order valence-electron chi connectivity index (χ1n) is 4.89. The summed E-state index contributed by atoms with van der Waals surface area (Å²) in [7, 11) is 0. The van der Waals surface area contributed by atoms with E-state index in [1.54, 1.807) is 0 Å². The lowest BCUT2D eigenvalue weighted by Gasteiger charge is -2.14. The van der Waals surface area contributed by atoms with Crippen molar-refractivity contribution >= 4 is 5.97 Å². The Hall–Kier alpha value is -1.55. The van der Waals surface area contributed by atoms with Gasteiger partial charge < -0.3 is 20.4 Å². The Balaban J connectivity index is 2.86. The first-order valence-corrected chi connectivity index (χ1v) is 4.89. The number of quaternary nitrogens is 1. The summed E-state index contributed by atoms with van der Waals surface area (Å²) in [5.41, 5.74) is 4.60. The van der Waals surface area contributed by atoms with E-state index in [2.05, 4.69) is 5.73 Å². The largest absolute Gasteiger partial charge is 0.550 e. The Morgan fingerprint density at radius 2 is 2.20 bits per heavy atom. The Bertz CT molecular complexity index is 338. The standard InChI is InChI=1S/C11H15NO3/c1-2-15-10-6-4-3-5-8(10)9(12)7-11(13)14/h3-6,9H,2,7,12H2,1H3,(H,13,14)/t9-/m1/s1. The van der Waals surface area contributed by atoms with Crippen LogP contribution >= 0.6 is 0 Å². The van der Waals surface area contributed by atoms with Crippen molar-refractivity contribution in [3.63, 3.8) is 0 Å². The van der Waals surface area contributed by atoms with Crippen LogP contribution in [0.25, 0.3) is 0 Å². The SMILES string of the molecule is CCOc1ccccc1[C@H]([NH3+])CC(=O)[O-]. The minimum atomic E-state index is -1.10. The second-order valence-electron chi connectivity index (χ2n) is 3.24. The number of rotatable bonds is 5. The highest BCUT2D eigenvalue weighted by atomic mass is 16.5. The Morgan fingerprint density at radius 1 is 1.53 bits per heavy atom. The van der Waals surface area contributed by atoms with E-state index in [1.807, 2.05) is 31.2 Å². The number of carboxylic acids is 1. The molecule has 0 spiro atoms. The van der Waals surface area contributed by atoms with Gasteiger partial charge in [0, 0.05) is 12.4 Å². The van der Waals surface area contributed by atoms with Crippen LogP contribution in [0.15, 0.2) is 24.3 Å². The van der Waals surface area contributed by atoms with Crippen LogP contribution < -0.4 is 15.6 Å². The molecule has 0 bridgehead atoms. The summed E-state index contributed by atoms with van der Waals surface area (Å²) in [4.78, 5) is 10.5. The van der Waals surface area contributed by atoms with Crippen LogP contribution in [0, 0.1) is 0 Å². The van der Waals surface area contributed by atoms with Gasteiger partial charge in [-0.2, -0.15) is 0 Å². The summed E-state index contributed by atoms with van der Waals surface area (Å²) in [6.07, 6.45) is -0.0932. The Morgan fingerprint density at radius 3 is 2.80 bits per heavy atom. The molecule has 0 amide bonds. The fourth-order valence-corrected chi connectivity index (χ4v) is 1.42. The molecular weight excluding hydrogens is 194 g/mol. The summed E-state index contributed by atoms with van der Waals surface area (Å²) in [6, 6.07) is 6.99. The Kier molecular flexibility index (Phi) is 4.12. The number of para-hydroxylation sites is 1. The molecule has 3 N–H and O–H groups in total. The summed E-state index contributed by atoms with van der Waals surface area (Å²) in [6.45, 7) is 2.43. The number of benzene rings is 1. The average Bonchev–Trinajstić information content (AvgIpc) is 2.18. The molecule has 0 saturated heterocycles. The highest BCUT2D eigenvalue weighted by Gasteiger charge is 2.14. The van der Waals surface area contributed by atoms with E-state index >= 15 is 0 Å². The van der Waals surface area contributed by atoms with Crippen LogP contribution in [0.4, 0.5) is 0 Å². The lowest BCUT2D eigenvalue weighted by Crippen LogP contribution is -2.55. The first kappa shape index (κ1) is 11.5. The van der Waals surface area contributed by atoms with Crippen molar-refractivity contribution in [1.82, 2.24) is 0 Å². The molecule has 4 nitrogen and oxygen atoms in total. The van der Waals surface area contributed by atoms with Crippen molar-refractivity contribution in [2.24, 2.45) is 0 Å². The van der Waals surface area contributed by atoms with Gasteiger partial charge in [0.2, 0.25) is 0 Å². The number of aliphatic carboxylic acids is 1. The van der Waals surface area contributed by atoms with Gasteiger partial charge in [0.15, 0.2) is 0 Å². The van der Waals surface area contributed by atoms with Crippen LogP contribution in [0.3, 0.4) is 0 Å². The number of carboxylic acid groups (broad SMARTS) is 1. The fourth-order valence-electron chi connectivity index (χ4n) is 1.42. The lowest BCUT2D eigenvalue weighted by atomic mass is 10.0. The van der Waals surface area contributed by atoms with Gasteiger partial charge in [-0.15, -0.1) is 0 Å². The van der Waals surface area contributed by atoms with Crippen LogP contribution in [-0.2, 0) is 4.79 Å². The Labute approximate surface area is 88.7 Å². The molecule has 82 valence electrons. The first-order chi connectivity index (χ1) is 7.15. The molecule has 0 aliphatic rings. The maximum atomic E-state index is 10.5. The topological polar surface area (TPSA) is 77.0 Å². The molecule has 1 atom stereocenters. The predicted molar refractivity (Wildman–Crippen MR) is 52.9 cm³/mol. The van der Waals surface area contributed by atoms with E-state index < -0.39 is 5.97 Å². The lowest BCUT2D eigenvalue weighted by molar-refractivity contribution is -0.430. The van der Waals surface area contributed by atoms with Crippen LogP contribution in [0.1, 0.15) is 24.9 Å². The number of hydrogen-bond acceptors (Lipinski definition) is 3. The van der Waals surface area contributed by atoms with Crippen LogP contribution in [-0.4, -0.2) is 12.6 Å². The van der Waals surface area contributed by atoms with Gasteiger partial charge in [-0.05, 0) is 19.1 Å². The van der Waals surface area contributed by atoms with Crippen LogP contribution in [0.5, 0.6) is 5.75 Å². The molecule has 0 unspecified atom stereocenters. The normalized spacial score (nSPS) is 12.1. The second-order valence-corrected chi connectivity index (χ2v) is 3.24. The molecule has 1 aromatic carbocycles. The average molecular weight is 209 g/mol. The molecule has 0 aliphatic carbocycles. The van der Waals surface area contributed by atoms with E-state index in [4.69, 9.17) is 4.74 Å². The van der Waals surface area contributed by atoms with Crippen molar-refractivity contribution in [1.29, 1.82) is 0 Å². The summed E-state index contributed by atoms with van der Waals surface area (Å²) in [5, 5.41) is 10.5. The molecule has 15 heavy (non-hydrogen) atoms. The summed E-state index contributed by atoms with van der Waals surface area (Å²) in [5.74, 6) is -0.400. The van der Waals surface area contributed by atoms with E-state index in [9.17, 15) is 9.90 Å². The second kappa shape index (κ2) is 5.36. The third kappa shape index (κ3) is 3.25. The van der Waals surface area contributed by atoms with Crippen molar-refractivity contribution in [3.8, 4) is 5.75 Å². The highest BCUT2D eigenvalue weighted by molar-refractivity contribution is 5.65. The maximum absolute atomic E-state index is 10.5. The van der Waals surface area contributed by atoms with Crippen molar-refractivity contribution in [2.45, 2.75) is 19.4 Å². The van der Waals surface area contributed by atoms with Gasteiger partial charge >= 0.3 is 0 Å². The van der Waals surface area contributed by atoms with E-state index in [1.165, 1.54) is 0 Å². The third-order valence-corrected chi connectivity index (χ3v) is 2.07. The molecule has 0 aliphatic heterocycles. The smallest absolute Gasteiger partial charge is 0.128 e. The molecule has 0 heterocycles. The zero-order valence-corrected chi connectivity index (χ0v) is 8.73. The third-order valence-electron chi connectivity index (χ3n) is 2.07. The van der Waals surface area contributed by atoms with Gasteiger partial charge in [0.1, 0.15) is 11.8 Å². The molecule has 1 rings (SSSR count). The van der Waals surface area contributed by atoms with E-state index in [-0.39, 0.29) is 12.5 Å². The minimum Gasteiger partial charge on any atom is -0.550 e. The highest BCUT2D eigenvalue weighted by Crippen LogP contribution is 2.24. The van der Waals surface area contributed by atoms with E-state index in [0.29, 0.717) is 12.4 Å². The van der Waals surface area contributed by atoms with Crippen LogP contribution in [0.2, 0.25) is 0 Å². The molecule has 0 radical (unpaired) electrons. The van der Waals surface area contributed by atoms with Gasteiger partial charge in [0.25, 0.3) is 0 Å². The monoisotopic (exact) mass is 209 g/mol. The molecule has 0 saturated carbocycles. The molecule has 4 heteroatoms. The summed E-state index contributed by atoms with van der Waals surface area (Å²) < 4.78 is 5.39. The minimum absolute atomic E-state index is 0.0932. The van der Waals surface area contributed by atoms with Crippen molar-refractivity contribution in [3.05, 3.63) is 29.8 Å². The van der Waals surface area contributed by atoms with Gasteiger partial charge in [-0.25, -0.2) is 0 Å². The predicted octanol–water partition coefficient (Wildman–Crippen LogP) is -0.492. The maximum Gasteiger partial charge on any atom is 0.128 e. The zero-order valence-electron chi connectivity index (χ0n) is 8.73. The number of carbonyl (C=O) groups excluding carboxylic acids is 1. The summed E-state index contributed by atoms with van der Waals surface area (Å²) >= 11 is 0. The number of carbonyl (C=O) groups is 1. The fraction of sp³-hybridized carbons (Fsp3) is 0.364.